The summed E-state index contributed by atoms with van der Waals surface area (Å²) in [5.41, 5.74) is 1.51. The molecule has 0 aliphatic carbocycles. The first kappa shape index (κ1) is 13.4. The highest BCUT2D eigenvalue weighted by Gasteiger charge is 2.15. The summed E-state index contributed by atoms with van der Waals surface area (Å²) in [6.07, 6.45) is 0.0563. The number of hydrogen-bond acceptors (Lipinski definition) is 3. The molecule has 1 atom stereocenters. The molecule has 92 valence electrons. The van der Waals surface area contributed by atoms with E-state index in [1.54, 1.807) is 24.3 Å². The maximum absolute atomic E-state index is 13.8. The molecule has 0 saturated heterocycles. The molecule has 0 aliphatic rings. The minimum atomic E-state index is -1.28. The van der Waals surface area contributed by atoms with Gasteiger partial charge in [0.25, 0.3) is 0 Å². The normalized spacial score (nSPS) is 11.5. The van der Waals surface area contributed by atoms with Gasteiger partial charge in [-0.05, 0) is 11.1 Å². The lowest BCUT2D eigenvalue weighted by Crippen LogP contribution is -1.95. The van der Waals surface area contributed by atoms with Gasteiger partial charge in [-0.15, -0.1) is 0 Å². The number of alkyl halides is 1. The summed E-state index contributed by atoms with van der Waals surface area (Å²) < 4.78 is 18.3. The lowest BCUT2D eigenvalue weighted by molar-refractivity contribution is 0.281. The van der Waals surface area contributed by atoms with Gasteiger partial charge in [0, 0.05) is 6.07 Å². The van der Waals surface area contributed by atoms with Crippen molar-refractivity contribution >= 4 is 0 Å². The van der Waals surface area contributed by atoms with Crippen molar-refractivity contribution in [2.75, 3.05) is 0 Å². The zero-order chi connectivity index (χ0) is 12.7. The zero-order valence-electron chi connectivity index (χ0n) is 9.93. The second-order valence-electron chi connectivity index (χ2n) is 3.19. The van der Waals surface area contributed by atoms with Crippen molar-refractivity contribution in [2.45, 2.75) is 26.6 Å². The summed E-state index contributed by atoms with van der Waals surface area (Å²) in [7, 11) is 0. The molecule has 2 aromatic rings. The van der Waals surface area contributed by atoms with E-state index in [0.717, 1.165) is 5.56 Å². The highest BCUT2D eigenvalue weighted by atomic mass is 19.1. The van der Waals surface area contributed by atoms with E-state index in [1.165, 1.54) is 12.3 Å². The standard InChI is InChI=1S/C11H10FNO2.C2H6/c12-11(10-5-6-15-13-10)9-3-1-8(7-14)2-4-9;1-2/h1-6,11,14H,7H2;1-2H3. The minimum absolute atomic E-state index is 0.0405. The first-order valence-electron chi connectivity index (χ1n) is 5.55. The average Bonchev–Trinajstić information content (AvgIpc) is 2.94. The molecule has 1 unspecified atom stereocenters. The second kappa shape index (κ2) is 6.81. The van der Waals surface area contributed by atoms with Gasteiger partial charge < -0.3 is 9.63 Å². The van der Waals surface area contributed by atoms with Crippen molar-refractivity contribution in [1.82, 2.24) is 5.16 Å². The van der Waals surface area contributed by atoms with Crippen LogP contribution in [0.25, 0.3) is 0 Å². The third-order valence-electron chi connectivity index (χ3n) is 2.17. The summed E-state index contributed by atoms with van der Waals surface area (Å²) >= 11 is 0. The Hall–Kier alpha value is -1.68. The molecule has 0 radical (unpaired) electrons. The largest absolute Gasteiger partial charge is 0.392 e. The fourth-order valence-corrected chi connectivity index (χ4v) is 1.32. The molecule has 1 aromatic carbocycles. The number of halogens is 1. The molecule has 0 spiro atoms. The van der Waals surface area contributed by atoms with E-state index in [9.17, 15) is 4.39 Å². The Morgan fingerprint density at radius 2 is 1.88 bits per heavy atom. The third-order valence-corrected chi connectivity index (χ3v) is 2.17. The molecule has 0 saturated carbocycles. The number of hydrogen-bond donors (Lipinski definition) is 1. The van der Waals surface area contributed by atoms with Crippen LogP contribution >= 0.6 is 0 Å². The Kier molecular flexibility index (Phi) is 5.36. The Morgan fingerprint density at radius 3 is 2.35 bits per heavy atom. The maximum atomic E-state index is 13.8. The SMILES string of the molecule is CC.OCc1ccc(C(F)c2ccon2)cc1. The van der Waals surface area contributed by atoms with E-state index in [1.807, 2.05) is 13.8 Å². The minimum Gasteiger partial charge on any atom is -0.392 e. The van der Waals surface area contributed by atoms with Gasteiger partial charge in [-0.1, -0.05) is 43.3 Å². The summed E-state index contributed by atoms with van der Waals surface area (Å²) in [5, 5.41) is 12.4. The van der Waals surface area contributed by atoms with Gasteiger partial charge in [-0.25, -0.2) is 4.39 Å². The molecular weight excluding hydrogens is 221 g/mol. The zero-order valence-corrected chi connectivity index (χ0v) is 9.93. The van der Waals surface area contributed by atoms with Gasteiger partial charge in [0.05, 0.1) is 6.61 Å². The molecule has 0 amide bonds. The van der Waals surface area contributed by atoms with Crippen molar-refractivity contribution in [3.63, 3.8) is 0 Å². The summed E-state index contributed by atoms with van der Waals surface area (Å²) in [6, 6.07) is 8.12. The smallest absolute Gasteiger partial charge is 0.170 e. The highest BCUT2D eigenvalue weighted by Crippen LogP contribution is 2.24. The molecule has 17 heavy (non-hydrogen) atoms. The van der Waals surface area contributed by atoms with Gasteiger partial charge in [-0.2, -0.15) is 0 Å². The van der Waals surface area contributed by atoms with Crippen LogP contribution in [0.3, 0.4) is 0 Å². The first-order valence-corrected chi connectivity index (χ1v) is 5.55. The van der Waals surface area contributed by atoms with Gasteiger partial charge in [0.2, 0.25) is 0 Å². The van der Waals surface area contributed by atoms with Crippen molar-refractivity contribution < 1.29 is 14.0 Å². The van der Waals surface area contributed by atoms with E-state index in [-0.39, 0.29) is 12.3 Å². The topological polar surface area (TPSA) is 46.3 Å². The van der Waals surface area contributed by atoms with E-state index in [2.05, 4.69) is 9.68 Å². The molecule has 3 nitrogen and oxygen atoms in total. The average molecular weight is 237 g/mol. The molecule has 1 aromatic heterocycles. The van der Waals surface area contributed by atoms with Gasteiger partial charge in [0.1, 0.15) is 12.0 Å². The van der Waals surface area contributed by atoms with Crippen molar-refractivity contribution in [2.24, 2.45) is 0 Å². The van der Waals surface area contributed by atoms with E-state index in [0.29, 0.717) is 5.56 Å². The fourth-order valence-electron chi connectivity index (χ4n) is 1.32. The number of nitrogens with zero attached hydrogens (tertiary/aromatic N) is 1. The van der Waals surface area contributed by atoms with Gasteiger partial charge in [0.15, 0.2) is 6.17 Å². The number of aromatic nitrogens is 1. The monoisotopic (exact) mass is 237 g/mol. The van der Waals surface area contributed by atoms with Crippen LogP contribution < -0.4 is 0 Å². The highest BCUT2D eigenvalue weighted by molar-refractivity contribution is 5.28. The predicted octanol–water partition coefficient (Wildman–Crippen LogP) is 3.25. The molecule has 4 heteroatoms. The van der Waals surface area contributed by atoms with Crippen molar-refractivity contribution in [3.05, 3.63) is 53.4 Å². The van der Waals surface area contributed by atoms with Crippen LogP contribution in [-0.4, -0.2) is 10.3 Å². The quantitative estimate of drug-likeness (QED) is 0.891. The lowest BCUT2D eigenvalue weighted by Gasteiger charge is -2.05. The van der Waals surface area contributed by atoms with Crippen LogP contribution in [0.1, 0.15) is 36.8 Å². The van der Waals surface area contributed by atoms with Crippen LogP contribution in [0.5, 0.6) is 0 Å². The maximum Gasteiger partial charge on any atom is 0.170 e. The Balaban J connectivity index is 0.000000686. The molecule has 0 fully saturated rings. The summed E-state index contributed by atoms with van der Waals surface area (Å²) in [5.74, 6) is 0. The first-order chi connectivity index (χ1) is 8.31. The lowest BCUT2D eigenvalue weighted by atomic mass is 10.1. The van der Waals surface area contributed by atoms with Gasteiger partial charge in [-0.3, -0.25) is 0 Å². The Morgan fingerprint density at radius 1 is 1.24 bits per heavy atom. The number of rotatable bonds is 3. The van der Waals surface area contributed by atoms with Crippen LogP contribution in [0, 0.1) is 0 Å². The number of aliphatic hydroxyl groups excluding tert-OH is 1. The van der Waals surface area contributed by atoms with Crippen LogP contribution in [0.15, 0.2) is 41.1 Å². The summed E-state index contributed by atoms with van der Waals surface area (Å²) in [6.45, 7) is 3.96. The van der Waals surface area contributed by atoms with Gasteiger partial charge >= 0.3 is 0 Å². The Bertz CT molecular complexity index is 411. The number of aliphatic hydroxyl groups is 1. The van der Waals surface area contributed by atoms with Crippen LogP contribution in [0.2, 0.25) is 0 Å². The third kappa shape index (κ3) is 3.39. The second-order valence-corrected chi connectivity index (χ2v) is 3.19. The van der Waals surface area contributed by atoms with Crippen molar-refractivity contribution in [1.29, 1.82) is 0 Å². The number of benzene rings is 1. The molecule has 0 aliphatic heterocycles. The molecule has 2 rings (SSSR count). The molecule has 0 bridgehead atoms. The van der Waals surface area contributed by atoms with Crippen LogP contribution in [0.4, 0.5) is 4.39 Å². The molecule has 1 N–H and O–H groups in total. The summed E-state index contributed by atoms with van der Waals surface area (Å²) in [4.78, 5) is 0. The van der Waals surface area contributed by atoms with E-state index >= 15 is 0 Å². The predicted molar refractivity (Wildman–Crippen MR) is 63.2 cm³/mol. The Labute approximate surface area is 99.9 Å². The molecular formula is C13H16FNO2. The van der Waals surface area contributed by atoms with E-state index in [4.69, 9.17) is 5.11 Å². The van der Waals surface area contributed by atoms with Crippen molar-refractivity contribution in [3.8, 4) is 0 Å². The van der Waals surface area contributed by atoms with Crippen LogP contribution in [-0.2, 0) is 6.61 Å². The fraction of sp³-hybridized carbons (Fsp3) is 0.308. The van der Waals surface area contributed by atoms with E-state index < -0.39 is 6.17 Å². The molecule has 1 heterocycles.